The van der Waals surface area contributed by atoms with Gasteiger partial charge in [-0.05, 0) is 6.42 Å². The number of nitrogens with one attached hydrogen (secondary N) is 1. The van der Waals surface area contributed by atoms with Crippen LogP contribution in [0.2, 0.25) is 0 Å². The van der Waals surface area contributed by atoms with Gasteiger partial charge in [-0.25, -0.2) is 4.98 Å². The van der Waals surface area contributed by atoms with E-state index in [1.807, 2.05) is 0 Å². The Morgan fingerprint density at radius 1 is 1.14 bits per heavy atom. The van der Waals surface area contributed by atoms with Gasteiger partial charge in [0, 0.05) is 44.3 Å². The molecular formula is C22H41N5O2. The van der Waals surface area contributed by atoms with E-state index < -0.39 is 12.0 Å². The number of aromatic nitrogens is 2. The zero-order valence-electron chi connectivity index (χ0n) is 18.4. The molecular weight excluding hydrogens is 366 g/mol. The summed E-state index contributed by atoms with van der Waals surface area (Å²) in [6.45, 7) is 4.60. The van der Waals surface area contributed by atoms with Crippen LogP contribution < -0.4 is 5.73 Å². The van der Waals surface area contributed by atoms with E-state index >= 15 is 0 Å². The van der Waals surface area contributed by atoms with Gasteiger partial charge in [0.15, 0.2) is 0 Å². The Bertz CT molecular complexity index is 547. The number of nitrogens with zero attached hydrogens (tertiary/aromatic N) is 3. The van der Waals surface area contributed by atoms with Crippen LogP contribution in [-0.4, -0.2) is 57.1 Å². The standard InChI is InChI=1S/C16H32N2.C6H9N3O2/c1-3-4-5-6-7-8-9-10-11-12-13-18-15-14-17(2)16-18;7-5(6(10)11)1-4-2-8-3-9-4/h14-15H,3-13,16H2,1-2H3;2-3,5H,1,7H2,(H,8,9)(H,10,11). The van der Waals surface area contributed by atoms with Crippen LogP contribution in [0.25, 0.3) is 0 Å². The molecule has 0 amide bonds. The molecule has 7 heteroatoms. The molecule has 0 radical (unpaired) electrons. The molecule has 0 aromatic carbocycles. The van der Waals surface area contributed by atoms with Gasteiger partial charge >= 0.3 is 5.97 Å². The molecule has 1 atom stereocenters. The van der Waals surface area contributed by atoms with Crippen LogP contribution >= 0.6 is 0 Å². The zero-order valence-corrected chi connectivity index (χ0v) is 18.4. The smallest absolute Gasteiger partial charge is 0.320 e. The summed E-state index contributed by atoms with van der Waals surface area (Å²) in [4.78, 5) is 21.4. The van der Waals surface area contributed by atoms with Crippen LogP contribution in [0.5, 0.6) is 0 Å². The molecule has 1 unspecified atom stereocenters. The fourth-order valence-corrected chi connectivity index (χ4v) is 3.26. The zero-order chi connectivity index (χ0) is 21.3. The largest absolute Gasteiger partial charge is 0.480 e. The Morgan fingerprint density at radius 2 is 1.76 bits per heavy atom. The molecule has 29 heavy (non-hydrogen) atoms. The molecule has 1 aromatic rings. The molecule has 1 aliphatic heterocycles. The lowest BCUT2D eigenvalue weighted by molar-refractivity contribution is -0.138. The van der Waals surface area contributed by atoms with E-state index in [9.17, 15) is 4.79 Å². The van der Waals surface area contributed by atoms with Crippen molar-refractivity contribution in [3.8, 4) is 0 Å². The Balaban J connectivity index is 0.000000326. The van der Waals surface area contributed by atoms with Crippen LogP contribution in [0, 0.1) is 0 Å². The molecule has 0 bridgehead atoms. The van der Waals surface area contributed by atoms with Crippen LogP contribution in [0.1, 0.15) is 76.8 Å². The molecule has 7 nitrogen and oxygen atoms in total. The van der Waals surface area contributed by atoms with Gasteiger partial charge in [0.1, 0.15) is 6.04 Å². The number of carboxylic acids is 1. The van der Waals surface area contributed by atoms with Gasteiger partial charge in [0.25, 0.3) is 0 Å². The SMILES string of the molecule is CCCCCCCCCCCCN1C=CN(C)C1.NC(Cc1cnc[nH]1)C(=O)O. The summed E-state index contributed by atoms with van der Waals surface area (Å²) in [5, 5.41) is 8.42. The van der Waals surface area contributed by atoms with Gasteiger partial charge in [-0.1, -0.05) is 64.7 Å². The number of carboxylic acid groups (broad SMARTS) is 1. The maximum absolute atomic E-state index is 10.3. The Morgan fingerprint density at radius 3 is 2.24 bits per heavy atom. The van der Waals surface area contributed by atoms with Gasteiger partial charge in [-0.2, -0.15) is 0 Å². The number of hydrogen-bond donors (Lipinski definition) is 3. The van der Waals surface area contributed by atoms with E-state index in [0.717, 1.165) is 12.4 Å². The van der Waals surface area contributed by atoms with E-state index in [4.69, 9.17) is 10.8 Å². The van der Waals surface area contributed by atoms with Crippen molar-refractivity contribution >= 4 is 5.97 Å². The quantitative estimate of drug-likeness (QED) is 0.404. The lowest BCUT2D eigenvalue weighted by Gasteiger charge is -2.17. The molecule has 1 aliphatic rings. The van der Waals surface area contributed by atoms with Crippen molar-refractivity contribution in [3.05, 3.63) is 30.6 Å². The third-order valence-electron chi connectivity index (χ3n) is 5.05. The number of rotatable bonds is 14. The topological polar surface area (TPSA) is 98.5 Å². The first kappa shape index (κ1) is 25.0. The van der Waals surface area contributed by atoms with Gasteiger partial charge in [-0.3, -0.25) is 4.79 Å². The van der Waals surface area contributed by atoms with Crippen LogP contribution in [0.3, 0.4) is 0 Å². The summed E-state index contributed by atoms with van der Waals surface area (Å²) in [6.07, 6.45) is 22.0. The molecule has 1 aromatic heterocycles. The van der Waals surface area contributed by atoms with E-state index in [1.54, 1.807) is 6.20 Å². The second-order valence-corrected chi connectivity index (χ2v) is 7.92. The minimum atomic E-state index is -1.00. The number of aliphatic carboxylic acids is 1. The van der Waals surface area contributed by atoms with Crippen molar-refractivity contribution in [1.29, 1.82) is 0 Å². The highest BCUT2D eigenvalue weighted by Crippen LogP contribution is 2.11. The summed E-state index contributed by atoms with van der Waals surface area (Å²) in [5.41, 5.74) is 6.00. The Hall–Kier alpha value is -2.02. The highest BCUT2D eigenvalue weighted by Gasteiger charge is 2.12. The van der Waals surface area contributed by atoms with Crippen molar-refractivity contribution in [2.45, 2.75) is 83.6 Å². The first-order chi connectivity index (χ1) is 14.0. The number of hydrogen-bond acceptors (Lipinski definition) is 5. The summed E-state index contributed by atoms with van der Waals surface area (Å²) < 4.78 is 0. The number of aromatic amines is 1. The van der Waals surface area contributed by atoms with E-state index in [1.165, 1.54) is 77.1 Å². The third-order valence-corrected chi connectivity index (χ3v) is 5.05. The molecule has 0 aliphatic carbocycles. The fraction of sp³-hybridized carbons (Fsp3) is 0.727. The minimum absolute atomic E-state index is 0.287. The van der Waals surface area contributed by atoms with Crippen molar-refractivity contribution in [2.24, 2.45) is 5.73 Å². The maximum Gasteiger partial charge on any atom is 0.320 e. The molecule has 0 saturated heterocycles. The van der Waals surface area contributed by atoms with Crippen LogP contribution in [0.4, 0.5) is 0 Å². The monoisotopic (exact) mass is 407 g/mol. The summed E-state index contributed by atoms with van der Waals surface area (Å²) in [6, 6.07) is -0.851. The third kappa shape index (κ3) is 12.9. The summed E-state index contributed by atoms with van der Waals surface area (Å²) in [5.74, 6) is -1.00. The van der Waals surface area contributed by atoms with Gasteiger partial charge in [0.05, 0.1) is 13.0 Å². The summed E-state index contributed by atoms with van der Waals surface area (Å²) in [7, 11) is 2.13. The van der Waals surface area contributed by atoms with Gasteiger partial charge in [0.2, 0.25) is 0 Å². The van der Waals surface area contributed by atoms with Crippen molar-refractivity contribution in [2.75, 3.05) is 20.3 Å². The Labute approximate surface area is 176 Å². The number of carbonyl (C=O) groups is 1. The molecule has 0 saturated carbocycles. The lowest BCUT2D eigenvalue weighted by atomic mass is 10.1. The maximum atomic E-state index is 10.3. The van der Waals surface area contributed by atoms with Gasteiger partial charge < -0.3 is 25.6 Å². The number of H-pyrrole nitrogens is 1. The Kier molecular flexibility index (Phi) is 13.7. The molecule has 0 spiro atoms. The van der Waals surface area contributed by atoms with Crippen molar-refractivity contribution in [3.63, 3.8) is 0 Å². The average Bonchev–Trinajstić information content (AvgIpc) is 3.35. The second-order valence-electron chi connectivity index (χ2n) is 7.92. The average molecular weight is 408 g/mol. The number of imidazole rings is 1. The molecule has 2 rings (SSSR count). The first-order valence-electron chi connectivity index (χ1n) is 11.1. The van der Waals surface area contributed by atoms with Crippen molar-refractivity contribution < 1.29 is 9.90 Å². The second kappa shape index (κ2) is 15.9. The number of nitrogens with two attached hydrogens (primary N) is 1. The van der Waals surface area contributed by atoms with E-state index in [-0.39, 0.29) is 6.42 Å². The number of unbranched alkanes of at least 4 members (excludes halogenated alkanes) is 9. The highest BCUT2D eigenvalue weighted by atomic mass is 16.4. The van der Waals surface area contributed by atoms with E-state index in [0.29, 0.717) is 0 Å². The fourth-order valence-electron chi connectivity index (χ4n) is 3.26. The van der Waals surface area contributed by atoms with Crippen LogP contribution in [-0.2, 0) is 11.2 Å². The predicted octanol–water partition coefficient (Wildman–Crippen LogP) is 3.95. The lowest BCUT2D eigenvalue weighted by Crippen LogP contribution is -2.32. The predicted molar refractivity (Wildman–Crippen MR) is 118 cm³/mol. The molecule has 0 fully saturated rings. The first-order valence-corrected chi connectivity index (χ1v) is 11.1. The molecule has 4 N–H and O–H groups in total. The normalized spacial score (nSPS) is 14.0. The highest BCUT2D eigenvalue weighted by molar-refractivity contribution is 5.73. The van der Waals surface area contributed by atoms with E-state index in [2.05, 4.69) is 46.1 Å². The van der Waals surface area contributed by atoms with Crippen molar-refractivity contribution in [1.82, 2.24) is 19.8 Å². The summed E-state index contributed by atoms with van der Waals surface area (Å²) >= 11 is 0. The molecule has 166 valence electrons. The van der Waals surface area contributed by atoms with Gasteiger partial charge in [-0.15, -0.1) is 0 Å². The van der Waals surface area contributed by atoms with Crippen LogP contribution in [0.15, 0.2) is 24.9 Å². The molecule has 2 heterocycles. The minimum Gasteiger partial charge on any atom is -0.480 e.